The van der Waals surface area contributed by atoms with Crippen LogP contribution in [0.2, 0.25) is 0 Å². The highest BCUT2D eigenvalue weighted by Crippen LogP contribution is 2.12. The maximum absolute atomic E-state index is 10.3. The van der Waals surface area contributed by atoms with Gasteiger partial charge in [0.25, 0.3) is 0 Å². The van der Waals surface area contributed by atoms with Gasteiger partial charge in [-0.1, -0.05) is 84.0 Å². The van der Waals surface area contributed by atoms with Crippen molar-refractivity contribution >= 4 is 14.2 Å². The summed E-state index contributed by atoms with van der Waals surface area (Å²) in [5, 5.41) is 8.49. The molecule has 0 heterocycles. The van der Waals surface area contributed by atoms with E-state index in [1.54, 1.807) is 0 Å². The average Bonchev–Trinajstić information content (AvgIpc) is 2.43. The number of carboxylic acid groups (broad SMARTS) is 1. The van der Waals surface area contributed by atoms with Crippen LogP contribution in [0.1, 0.15) is 96.8 Å². The van der Waals surface area contributed by atoms with E-state index in [0.29, 0.717) is 6.42 Å². The van der Waals surface area contributed by atoms with E-state index in [2.05, 4.69) is 6.92 Å². The van der Waals surface area contributed by atoms with Crippen molar-refractivity contribution in [1.82, 2.24) is 0 Å². The second-order valence-electron chi connectivity index (χ2n) is 5.67. The largest absolute Gasteiger partial charge is 0.481 e. The molecule has 0 atom stereocenters. The predicted octanol–water partition coefficient (Wildman–Crippen LogP) is 4.91. The van der Waals surface area contributed by atoms with Gasteiger partial charge < -0.3 is 14.9 Å². The van der Waals surface area contributed by atoms with Gasteiger partial charge in [-0.25, -0.2) is 0 Å². The molecule has 0 saturated carbocycles. The van der Waals surface area contributed by atoms with E-state index in [-0.39, 0.29) is 0 Å². The molecule has 22 heavy (non-hydrogen) atoms. The number of rotatable bonds is 14. The number of hydrogen-bond acceptors (Lipinski definition) is 2. The summed E-state index contributed by atoms with van der Waals surface area (Å²) in [5.41, 5.74) is 0. The first-order valence-corrected chi connectivity index (χ1v) is 9.94. The molecule has 0 aliphatic heterocycles. The fourth-order valence-corrected chi connectivity index (χ4v) is 2.29. The summed E-state index contributed by atoms with van der Waals surface area (Å²) < 4.78 is 8.74. The minimum atomic E-state index is -3.13. The van der Waals surface area contributed by atoms with Crippen LogP contribution < -0.4 is 0 Å². The van der Waals surface area contributed by atoms with Crippen molar-refractivity contribution in [2.45, 2.75) is 96.8 Å². The monoisotopic (exact) mass is 338 g/mol. The molecule has 0 saturated heterocycles. The standard InChI is InChI=1S/C16H32O2.H3O3P/c1-2-3-4-5-6-7-8-9-10-11-12-13-14-15-16(17)18;1-4(2)3/h2-15H2,1H3,(H,17,18);4H,(H2,1,2,3). The van der Waals surface area contributed by atoms with Crippen LogP contribution in [0.25, 0.3) is 0 Å². The molecular formula is C16H35O5P. The first kappa shape index (κ1) is 23.9. The van der Waals surface area contributed by atoms with Crippen molar-refractivity contribution in [1.29, 1.82) is 0 Å². The number of carboxylic acids is 1. The van der Waals surface area contributed by atoms with Crippen LogP contribution >= 0.6 is 8.25 Å². The molecule has 0 amide bonds. The molecule has 134 valence electrons. The van der Waals surface area contributed by atoms with Crippen molar-refractivity contribution < 1.29 is 24.3 Å². The lowest BCUT2D eigenvalue weighted by Crippen LogP contribution is -1.93. The minimum absolute atomic E-state index is 0.345. The smallest absolute Gasteiger partial charge is 0.314 e. The number of carbonyl (C=O) groups is 1. The molecule has 0 bridgehead atoms. The van der Waals surface area contributed by atoms with E-state index < -0.39 is 14.2 Å². The van der Waals surface area contributed by atoms with Gasteiger partial charge in [0, 0.05) is 6.42 Å². The Balaban J connectivity index is 0. The maximum atomic E-state index is 10.3. The van der Waals surface area contributed by atoms with Crippen LogP contribution in [0.5, 0.6) is 0 Å². The molecule has 0 aromatic heterocycles. The van der Waals surface area contributed by atoms with Crippen LogP contribution in [0.15, 0.2) is 0 Å². The molecule has 0 aliphatic carbocycles. The molecule has 5 nitrogen and oxygen atoms in total. The number of hydrogen-bond donors (Lipinski definition) is 3. The second kappa shape index (κ2) is 20.6. The Labute approximate surface area is 136 Å². The van der Waals surface area contributed by atoms with E-state index in [4.69, 9.17) is 19.5 Å². The SMILES string of the molecule is CCCCCCCCCCCCCCCC(=O)O.O=[PH](O)O. The van der Waals surface area contributed by atoms with Crippen LogP contribution in [0, 0.1) is 0 Å². The van der Waals surface area contributed by atoms with E-state index in [1.165, 1.54) is 70.6 Å². The van der Waals surface area contributed by atoms with Crippen molar-refractivity contribution in [3.8, 4) is 0 Å². The lowest BCUT2D eigenvalue weighted by Gasteiger charge is -2.02. The van der Waals surface area contributed by atoms with Gasteiger partial charge in [0.2, 0.25) is 0 Å². The highest BCUT2D eigenvalue weighted by atomic mass is 31.1. The minimum Gasteiger partial charge on any atom is -0.481 e. The molecule has 6 heteroatoms. The number of aliphatic carboxylic acids is 1. The first-order chi connectivity index (χ1) is 10.5. The first-order valence-electron chi connectivity index (χ1n) is 8.64. The van der Waals surface area contributed by atoms with Gasteiger partial charge in [-0.05, 0) is 6.42 Å². The number of unbranched alkanes of at least 4 members (excludes halogenated alkanes) is 12. The molecule has 0 unspecified atom stereocenters. The molecular weight excluding hydrogens is 303 g/mol. The Morgan fingerprint density at radius 1 is 0.727 bits per heavy atom. The predicted molar refractivity (Wildman–Crippen MR) is 91.4 cm³/mol. The molecule has 0 rings (SSSR count). The molecule has 0 radical (unpaired) electrons. The summed E-state index contributed by atoms with van der Waals surface area (Å²) in [6.07, 6.45) is 17.3. The summed E-state index contributed by atoms with van der Waals surface area (Å²) in [4.78, 5) is 24.6. The van der Waals surface area contributed by atoms with E-state index in [9.17, 15) is 4.79 Å². The summed E-state index contributed by atoms with van der Waals surface area (Å²) in [5.74, 6) is -0.655. The van der Waals surface area contributed by atoms with Crippen LogP contribution in [-0.4, -0.2) is 20.9 Å². The fourth-order valence-electron chi connectivity index (χ4n) is 2.29. The summed E-state index contributed by atoms with van der Waals surface area (Å²) in [7, 11) is -3.13. The van der Waals surface area contributed by atoms with Crippen LogP contribution in [0.4, 0.5) is 0 Å². The quantitative estimate of drug-likeness (QED) is 0.309. The zero-order chi connectivity index (χ0) is 17.1. The Bertz CT molecular complexity index is 255. The topological polar surface area (TPSA) is 94.8 Å². The zero-order valence-electron chi connectivity index (χ0n) is 14.1. The fraction of sp³-hybridized carbons (Fsp3) is 0.938. The van der Waals surface area contributed by atoms with Crippen LogP contribution in [0.3, 0.4) is 0 Å². The highest BCUT2D eigenvalue weighted by Gasteiger charge is 1.96. The van der Waals surface area contributed by atoms with Crippen molar-refractivity contribution in [3.63, 3.8) is 0 Å². The third-order valence-corrected chi connectivity index (χ3v) is 3.49. The highest BCUT2D eigenvalue weighted by molar-refractivity contribution is 7.30. The summed E-state index contributed by atoms with van der Waals surface area (Å²) in [6.45, 7) is 2.26. The van der Waals surface area contributed by atoms with Gasteiger partial charge in [-0.15, -0.1) is 0 Å². The molecule has 0 fully saturated rings. The van der Waals surface area contributed by atoms with E-state index in [0.717, 1.165) is 12.8 Å². The van der Waals surface area contributed by atoms with E-state index in [1.807, 2.05) is 0 Å². The Morgan fingerprint density at radius 3 is 1.27 bits per heavy atom. The summed E-state index contributed by atoms with van der Waals surface area (Å²) in [6, 6.07) is 0. The lowest BCUT2D eigenvalue weighted by molar-refractivity contribution is -0.137. The molecule has 0 spiro atoms. The van der Waals surface area contributed by atoms with Gasteiger partial charge in [0.1, 0.15) is 0 Å². The van der Waals surface area contributed by atoms with Gasteiger partial charge >= 0.3 is 14.2 Å². The Morgan fingerprint density at radius 2 is 1.00 bits per heavy atom. The molecule has 0 aromatic rings. The van der Waals surface area contributed by atoms with Crippen molar-refractivity contribution in [3.05, 3.63) is 0 Å². The Hall–Kier alpha value is -0.380. The molecule has 0 aliphatic rings. The average molecular weight is 338 g/mol. The molecule has 3 N–H and O–H groups in total. The third-order valence-electron chi connectivity index (χ3n) is 3.49. The zero-order valence-corrected chi connectivity index (χ0v) is 15.1. The van der Waals surface area contributed by atoms with E-state index >= 15 is 0 Å². The maximum Gasteiger partial charge on any atom is 0.314 e. The van der Waals surface area contributed by atoms with Gasteiger partial charge in [0.05, 0.1) is 0 Å². The van der Waals surface area contributed by atoms with Crippen molar-refractivity contribution in [2.24, 2.45) is 0 Å². The molecule has 0 aromatic carbocycles. The van der Waals surface area contributed by atoms with Gasteiger partial charge in [0.15, 0.2) is 0 Å². The Kier molecular flexibility index (Phi) is 22.4. The summed E-state index contributed by atoms with van der Waals surface area (Å²) >= 11 is 0. The second-order valence-corrected chi connectivity index (χ2v) is 6.23. The van der Waals surface area contributed by atoms with Gasteiger partial charge in [-0.3, -0.25) is 9.36 Å². The van der Waals surface area contributed by atoms with Crippen molar-refractivity contribution in [2.75, 3.05) is 0 Å². The third kappa shape index (κ3) is 31.8. The van der Waals surface area contributed by atoms with Crippen LogP contribution in [-0.2, 0) is 9.36 Å². The lowest BCUT2D eigenvalue weighted by atomic mass is 10.0. The van der Waals surface area contributed by atoms with Gasteiger partial charge in [-0.2, -0.15) is 0 Å². The normalized spacial score (nSPS) is 10.4.